The summed E-state index contributed by atoms with van der Waals surface area (Å²) in [6.07, 6.45) is 8.05. The van der Waals surface area contributed by atoms with E-state index >= 15 is 0 Å². The van der Waals surface area contributed by atoms with Crippen molar-refractivity contribution in [1.82, 2.24) is 9.80 Å². The van der Waals surface area contributed by atoms with Crippen LogP contribution in [-0.2, 0) is 9.59 Å². The summed E-state index contributed by atoms with van der Waals surface area (Å²) >= 11 is 0. The molecule has 3 atom stereocenters. The number of hydrogen-bond acceptors (Lipinski definition) is 3. The molecule has 1 aliphatic carbocycles. The minimum absolute atomic E-state index is 0. The number of amides is 2. The lowest BCUT2D eigenvalue weighted by Crippen LogP contribution is -2.55. The molecular formula is C20H36ClN3O2. The average molecular weight is 386 g/mol. The van der Waals surface area contributed by atoms with Crippen LogP contribution in [0.4, 0.5) is 0 Å². The van der Waals surface area contributed by atoms with Crippen LogP contribution in [0.25, 0.3) is 0 Å². The molecule has 5 nitrogen and oxygen atoms in total. The van der Waals surface area contributed by atoms with Crippen molar-refractivity contribution in [2.75, 3.05) is 26.2 Å². The molecule has 0 aromatic rings. The van der Waals surface area contributed by atoms with Crippen LogP contribution >= 0.6 is 12.4 Å². The summed E-state index contributed by atoms with van der Waals surface area (Å²) in [6.45, 7) is 7.51. The zero-order valence-corrected chi connectivity index (χ0v) is 17.2. The van der Waals surface area contributed by atoms with Gasteiger partial charge in [-0.1, -0.05) is 19.8 Å². The summed E-state index contributed by atoms with van der Waals surface area (Å²) in [5.74, 6) is 1.22. The van der Waals surface area contributed by atoms with Gasteiger partial charge in [-0.3, -0.25) is 9.59 Å². The van der Waals surface area contributed by atoms with E-state index in [9.17, 15) is 9.59 Å². The number of nitrogens with zero attached hydrogens (tertiary/aromatic N) is 2. The number of likely N-dealkylation sites (tertiary alicyclic amines) is 2. The molecule has 0 spiro atoms. The first-order chi connectivity index (χ1) is 11.9. The zero-order chi connectivity index (χ0) is 18.0. The maximum atomic E-state index is 12.9. The summed E-state index contributed by atoms with van der Waals surface area (Å²) in [6, 6.07) is 0. The van der Waals surface area contributed by atoms with Crippen LogP contribution < -0.4 is 5.73 Å². The molecule has 150 valence electrons. The van der Waals surface area contributed by atoms with E-state index in [4.69, 9.17) is 5.73 Å². The molecule has 2 aliphatic heterocycles. The molecule has 0 aromatic carbocycles. The topological polar surface area (TPSA) is 66.6 Å². The van der Waals surface area contributed by atoms with Gasteiger partial charge in [0.05, 0.1) is 5.92 Å². The number of carbonyl (C=O) groups excluding carboxylic acids is 2. The summed E-state index contributed by atoms with van der Waals surface area (Å²) in [4.78, 5) is 29.8. The van der Waals surface area contributed by atoms with Crippen molar-refractivity contribution in [1.29, 1.82) is 0 Å². The van der Waals surface area contributed by atoms with Crippen molar-refractivity contribution in [2.45, 2.75) is 70.8 Å². The third-order valence-corrected chi connectivity index (χ3v) is 6.68. The third kappa shape index (κ3) is 4.72. The lowest BCUT2D eigenvalue weighted by Gasteiger charge is -2.42. The minimum atomic E-state index is -0.369. The number of nitrogens with two attached hydrogens (primary N) is 1. The molecule has 26 heavy (non-hydrogen) atoms. The van der Waals surface area contributed by atoms with Gasteiger partial charge in [0.25, 0.3) is 0 Å². The second kappa shape index (κ2) is 8.92. The minimum Gasteiger partial charge on any atom is -0.342 e. The Kier molecular flexibility index (Phi) is 7.37. The van der Waals surface area contributed by atoms with E-state index in [0.717, 1.165) is 58.0 Å². The van der Waals surface area contributed by atoms with E-state index in [-0.39, 0.29) is 35.7 Å². The van der Waals surface area contributed by atoms with E-state index in [1.165, 1.54) is 6.42 Å². The van der Waals surface area contributed by atoms with Gasteiger partial charge in [0.15, 0.2) is 0 Å². The van der Waals surface area contributed by atoms with Crippen LogP contribution in [0.5, 0.6) is 0 Å². The first-order valence-electron chi connectivity index (χ1n) is 10.2. The van der Waals surface area contributed by atoms with E-state index in [2.05, 4.69) is 11.8 Å². The molecule has 2 saturated heterocycles. The molecule has 1 saturated carbocycles. The monoisotopic (exact) mass is 385 g/mol. The van der Waals surface area contributed by atoms with Gasteiger partial charge in [0.2, 0.25) is 11.8 Å². The summed E-state index contributed by atoms with van der Waals surface area (Å²) in [5, 5.41) is 0. The first kappa shape index (κ1) is 21.5. The van der Waals surface area contributed by atoms with E-state index in [1.54, 1.807) is 0 Å². The molecule has 0 aromatic heterocycles. The zero-order valence-electron chi connectivity index (χ0n) is 16.4. The van der Waals surface area contributed by atoms with E-state index in [1.807, 2.05) is 11.8 Å². The van der Waals surface area contributed by atoms with Crippen LogP contribution in [-0.4, -0.2) is 53.3 Å². The maximum absolute atomic E-state index is 12.9. The Hall–Kier alpha value is -0.810. The highest BCUT2D eigenvalue weighted by molar-refractivity contribution is 5.85. The Balaban J connectivity index is 0.00000243. The van der Waals surface area contributed by atoms with Crippen molar-refractivity contribution in [3.8, 4) is 0 Å². The van der Waals surface area contributed by atoms with Crippen LogP contribution in [0.3, 0.4) is 0 Å². The fraction of sp³-hybridized carbons (Fsp3) is 0.900. The Labute approximate surface area is 164 Å². The molecule has 3 aliphatic rings. The largest absolute Gasteiger partial charge is 0.342 e. The Morgan fingerprint density at radius 3 is 2.23 bits per heavy atom. The Morgan fingerprint density at radius 1 is 0.923 bits per heavy atom. The van der Waals surface area contributed by atoms with Crippen LogP contribution in [0.2, 0.25) is 0 Å². The van der Waals surface area contributed by atoms with Gasteiger partial charge in [-0.15, -0.1) is 12.4 Å². The van der Waals surface area contributed by atoms with Gasteiger partial charge in [-0.2, -0.15) is 0 Å². The molecule has 2 heterocycles. The predicted molar refractivity (Wildman–Crippen MR) is 106 cm³/mol. The lowest BCUT2D eigenvalue weighted by atomic mass is 9.73. The second-order valence-electron chi connectivity index (χ2n) is 8.94. The maximum Gasteiger partial charge on any atom is 0.227 e. The number of rotatable bonds is 2. The summed E-state index contributed by atoms with van der Waals surface area (Å²) < 4.78 is 0. The standard InChI is InChI=1S/C20H35N3O2.ClH/c1-15-6-5-11-23(14-15)18(24)16-8-12-22(13-9-16)19(25)17-7-3-4-10-20(17,2)21;/h15-17H,3-14,21H2,1-2H3;1H. The number of hydrogen-bond donors (Lipinski definition) is 1. The summed E-state index contributed by atoms with van der Waals surface area (Å²) in [7, 11) is 0. The molecule has 2 amide bonds. The number of piperidine rings is 2. The van der Waals surface area contributed by atoms with Gasteiger partial charge in [0.1, 0.15) is 0 Å². The van der Waals surface area contributed by atoms with Crippen LogP contribution in [0.1, 0.15) is 65.2 Å². The molecule has 6 heteroatoms. The number of carbonyl (C=O) groups is 2. The van der Waals surface area contributed by atoms with Crippen molar-refractivity contribution in [2.24, 2.45) is 23.5 Å². The predicted octanol–water partition coefficient (Wildman–Crippen LogP) is 2.81. The van der Waals surface area contributed by atoms with Gasteiger partial charge in [0, 0.05) is 37.6 Å². The number of halogens is 1. The SMILES string of the molecule is CC1CCCN(C(=O)C2CCN(C(=O)C3CCCCC3(C)N)CC2)C1.Cl. The Morgan fingerprint density at radius 2 is 1.62 bits per heavy atom. The molecule has 3 unspecified atom stereocenters. The molecule has 0 radical (unpaired) electrons. The van der Waals surface area contributed by atoms with Crippen molar-refractivity contribution in [3.63, 3.8) is 0 Å². The highest BCUT2D eigenvalue weighted by Gasteiger charge is 2.41. The highest BCUT2D eigenvalue weighted by atomic mass is 35.5. The second-order valence-corrected chi connectivity index (χ2v) is 8.94. The molecule has 0 bridgehead atoms. The van der Waals surface area contributed by atoms with Gasteiger partial charge >= 0.3 is 0 Å². The average Bonchev–Trinajstić information content (AvgIpc) is 2.60. The van der Waals surface area contributed by atoms with E-state index in [0.29, 0.717) is 24.9 Å². The quantitative estimate of drug-likeness (QED) is 0.794. The van der Waals surface area contributed by atoms with Gasteiger partial charge in [-0.05, 0) is 51.4 Å². The normalized spacial score (nSPS) is 33.5. The van der Waals surface area contributed by atoms with Crippen LogP contribution in [0.15, 0.2) is 0 Å². The van der Waals surface area contributed by atoms with Crippen molar-refractivity contribution < 1.29 is 9.59 Å². The summed E-state index contributed by atoms with van der Waals surface area (Å²) in [5.41, 5.74) is 6.04. The first-order valence-corrected chi connectivity index (χ1v) is 10.2. The van der Waals surface area contributed by atoms with Crippen LogP contribution in [0, 0.1) is 17.8 Å². The van der Waals surface area contributed by atoms with Crippen molar-refractivity contribution in [3.05, 3.63) is 0 Å². The molecule has 3 rings (SSSR count). The smallest absolute Gasteiger partial charge is 0.227 e. The molecule has 2 N–H and O–H groups in total. The fourth-order valence-electron chi connectivity index (χ4n) is 4.98. The molecular weight excluding hydrogens is 350 g/mol. The third-order valence-electron chi connectivity index (χ3n) is 6.68. The lowest BCUT2D eigenvalue weighted by molar-refractivity contribution is -0.145. The Bertz CT molecular complexity index is 503. The highest BCUT2D eigenvalue weighted by Crippen LogP contribution is 2.34. The fourth-order valence-corrected chi connectivity index (χ4v) is 4.98. The van der Waals surface area contributed by atoms with Gasteiger partial charge in [-0.25, -0.2) is 0 Å². The van der Waals surface area contributed by atoms with Crippen molar-refractivity contribution >= 4 is 24.2 Å². The van der Waals surface area contributed by atoms with Gasteiger partial charge < -0.3 is 15.5 Å². The van der Waals surface area contributed by atoms with E-state index < -0.39 is 0 Å². The molecule has 3 fully saturated rings.